The van der Waals surface area contributed by atoms with Crippen molar-refractivity contribution >= 4 is 0 Å². The van der Waals surface area contributed by atoms with Crippen LogP contribution in [-0.4, -0.2) is 82.0 Å². The molecule has 0 aliphatic carbocycles. The molecule has 1 heterocycles. The van der Waals surface area contributed by atoms with E-state index in [0.29, 0.717) is 52.9 Å². The molecular weight excluding hydrogens is 288 g/mol. The van der Waals surface area contributed by atoms with Crippen LogP contribution < -0.4 is 0 Å². The van der Waals surface area contributed by atoms with Gasteiger partial charge < -0.3 is 28.4 Å². The molecule has 132 valence electrons. The summed E-state index contributed by atoms with van der Waals surface area (Å²) in [4.78, 5) is 0. The summed E-state index contributed by atoms with van der Waals surface area (Å²) in [7, 11) is 0. The minimum atomic E-state index is 0.0444. The summed E-state index contributed by atoms with van der Waals surface area (Å²) < 4.78 is 32.7. The Morgan fingerprint density at radius 2 is 0.909 bits per heavy atom. The Bertz CT molecular complexity index is 213. The second-order valence-electron chi connectivity index (χ2n) is 5.59. The first-order valence-electron chi connectivity index (χ1n) is 8.28. The monoisotopic (exact) mass is 321 g/mol. The average Bonchev–Trinajstić information content (AvgIpc) is 2.51. The zero-order valence-corrected chi connectivity index (χ0v) is 14.5. The normalized spacial score (nSPS) is 35.5. The molecule has 0 bridgehead atoms. The van der Waals surface area contributed by atoms with E-state index in [1.807, 2.05) is 27.7 Å². The molecule has 22 heavy (non-hydrogen) atoms. The van der Waals surface area contributed by atoms with Gasteiger partial charge in [0.15, 0.2) is 13.2 Å². The minimum absolute atomic E-state index is 0.0444. The first-order chi connectivity index (χ1) is 10.6. The summed E-state index contributed by atoms with van der Waals surface area (Å²) in [6.45, 7) is 12.9. The second kappa shape index (κ2) is 12.2. The fraction of sp³-hybridized carbons (Fsp3) is 1.00. The van der Waals surface area contributed by atoms with E-state index < -0.39 is 0 Å². The van der Waals surface area contributed by atoms with Gasteiger partial charge in [-0.3, -0.25) is 0 Å². The van der Waals surface area contributed by atoms with Crippen LogP contribution in [-0.2, 0) is 23.7 Å². The molecule has 4 atom stereocenters. The van der Waals surface area contributed by atoms with Gasteiger partial charge in [0.2, 0.25) is 0 Å². The third-order valence-electron chi connectivity index (χ3n) is 3.80. The molecule has 1 N–H and O–H groups in total. The standard InChI is InChI=1S/C16H32O6/c1-13-14(2)20-10-6-18-8-12-22-16(4)15(3)21-11-7-17-5-9-19-13/h13-16H,5-12H2,1-4H3/p+1/t13-,14-,15-,16-/m0/s1. The van der Waals surface area contributed by atoms with Gasteiger partial charge in [0, 0.05) is 0 Å². The Morgan fingerprint density at radius 1 is 0.545 bits per heavy atom. The van der Waals surface area contributed by atoms with Crippen LogP contribution in [0.2, 0.25) is 0 Å². The maximum Gasteiger partial charge on any atom is 0.168 e. The predicted octanol–water partition coefficient (Wildman–Crippen LogP) is 1.17. The van der Waals surface area contributed by atoms with Crippen LogP contribution in [0.15, 0.2) is 0 Å². The highest BCUT2D eigenvalue weighted by molar-refractivity contribution is 4.61. The van der Waals surface area contributed by atoms with Crippen molar-refractivity contribution in [2.75, 3.05) is 52.9 Å². The summed E-state index contributed by atoms with van der Waals surface area (Å²) in [6, 6.07) is 0. The summed E-state index contributed by atoms with van der Waals surface area (Å²) in [6.07, 6.45) is 0.190. The van der Waals surface area contributed by atoms with E-state index in [4.69, 9.17) is 23.7 Å². The summed E-state index contributed by atoms with van der Waals surface area (Å²) in [5.41, 5.74) is 0. The van der Waals surface area contributed by atoms with Crippen molar-refractivity contribution in [2.24, 2.45) is 0 Å². The zero-order valence-electron chi connectivity index (χ0n) is 14.5. The van der Waals surface area contributed by atoms with Crippen LogP contribution in [0.1, 0.15) is 27.7 Å². The zero-order chi connectivity index (χ0) is 16.2. The Kier molecular flexibility index (Phi) is 11.0. The number of rotatable bonds is 0. The topological polar surface area (TPSA) is 59.0 Å². The van der Waals surface area contributed by atoms with Crippen molar-refractivity contribution < 1.29 is 28.4 Å². The van der Waals surface area contributed by atoms with Gasteiger partial charge in [0.1, 0.15) is 13.2 Å². The lowest BCUT2D eigenvalue weighted by atomic mass is 10.2. The Hall–Kier alpha value is -0.240. The van der Waals surface area contributed by atoms with E-state index >= 15 is 0 Å². The maximum atomic E-state index is 5.72. The SMILES string of the molecule is C[C@@H]1OCCOCCO[C@@H](C)[C@H](C)OCC[OH+]CCO[C@H]1C. The maximum absolute atomic E-state index is 5.72. The highest BCUT2D eigenvalue weighted by atomic mass is 16.6. The van der Waals surface area contributed by atoms with Crippen LogP contribution in [0.25, 0.3) is 0 Å². The van der Waals surface area contributed by atoms with Crippen LogP contribution in [0, 0.1) is 0 Å². The molecule has 1 fully saturated rings. The van der Waals surface area contributed by atoms with Gasteiger partial charge in [-0.15, -0.1) is 0 Å². The molecule has 1 aliphatic heterocycles. The van der Waals surface area contributed by atoms with Crippen molar-refractivity contribution in [1.82, 2.24) is 0 Å². The molecule has 0 radical (unpaired) electrons. The molecule has 0 unspecified atom stereocenters. The fourth-order valence-corrected chi connectivity index (χ4v) is 1.95. The highest BCUT2D eigenvalue weighted by Crippen LogP contribution is 2.05. The average molecular weight is 321 g/mol. The fourth-order valence-electron chi connectivity index (χ4n) is 1.95. The number of hydrogen-bond acceptors (Lipinski definition) is 5. The lowest BCUT2D eigenvalue weighted by Crippen LogP contribution is -2.31. The number of ether oxygens (including phenoxy) is 6. The molecule has 1 saturated heterocycles. The predicted molar refractivity (Wildman–Crippen MR) is 84.4 cm³/mol. The molecule has 6 heteroatoms. The Labute approximate surface area is 134 Å². The van der Waals surface area contributed by atoms with E-state index in [1.54, 1.807) is 0 Å². The highest BCUT2D eigenvalue weighted by Gasteiger charge is 2.15. The molecule has 6 nitrogen and oxygen atoms in total. The van der Waals surface area contributed by atoms with E-state index in [-0.39, 0.29) is 24.4 Å². The van der Waals surface area contributed by atoms with Crippen molar-refractivity contribution in [3.05, 3.63) is 0 Å². The lowest BCUT2D eigenvalue weighted by molar-refractivity contribution is -0.137. The number of aliphatic hydroxyl groups is 2. The van der Waals surface area contributed by atoms with Gasteiger partial charge in [0.25, 0.3) is 0 Å². The third-order valence-corrected chi connectivity index (χ3v) is 3.80. The van der Waals surface area contributed by atoms with Crippen molar-refractivity contribution in [3.8, 4) is 0 Å². The lowest BCUT2D eigenvalue weighted by Gasteiger charge is -2.22. The number of hydrogen-bond donors (Lipinski definition) is 0. The van der Waals surface area contributed by atoms with Gasteiger partial charge in [-0.25, -0.2) is 0 Å². The second-order valence-corrected chi connectivity index (χ2v) is 5.59. The van der Waals surface area contributed by atoms with E-state index in [9.17, 15) is 0 Å². The van der Waals surface area contributed by atoms with Crippen LogP contribution >= 0.6 is 0 Å². The van der Waals surface area contributed by atoms with E-state index in [2.05, 4.69) is 4.74 Å². The van der Waals surface area contributed by atoms with Gasteiger partial charge in [-0.05, 0) is 27.7 Å². The molecule has 0 aromatic heterocycles. The molecule has 1 aliphatic rings. The van der Waals surface area contributed by atoms with Gasteiger partial charge >= 0.3 is 0 Å². The van der Waals surface area contributed by atoms with Gasteiger partial charge in [-0.2, -0.15) is 0 Å². The molecule has 1 rings (SSSR count). The smallest absolute Gasteiger partial charge is 0.168 e. The van der Waals surface area contributed by atoms with Crippen LogP contribution in [0.5, 0.6) is 0 Å². The van der Waals surface area contributed by atoms with Crippen LogP contribution in [0.4, 0.5) is 0 Å². The Balaban J connectivity index is 2.31. The molecular formula is C16H33O6+. The summed E-state index contributed by atoms with van der Waals surface area (Å²) >= 11 is 0. The first-order valence-corrected chi connectivity index (χ1v) is 8.28. The van der Waals surface area contributed by atoms with E-state index in [0.717, 1.165) is 0 Å². The van der Waals surface area contributed by atoms with Crippen molar-refractivity contribution in [2.45, 2.75) is 52.1 Å². The minimum Gasteiger partial charge on any atom is -0.430 e. The third kappa shape index (κ3) is 9.02. The molecule has 0 aromatic carbocycles. The molecule has 0 saturated carbocycles. The van der Waals surface area contributed by atoms with Crippen molar-refractivity contribution in [3.63, 3.8) is 0 Å². The van der Waals surface area contributed by atoms with Gasteiger partial charge in [-0.1, -0.05) is 0 Å². The molecule has 0 amide bonds. The Morgan fingerprint density at radius 3 is 1.32 bits per heavy atom. The van der Waals surface area contributed by atoms with Gasteiger partial charge in [0.05, 0.1) is 50.8 Å². The largest absolute Gasteiger partial charge is 0.430 e. The first kappa shape index (κ1) is 19.8. The van der Waals surface area contributed by atoms with E-state index in [1.165, 1.54) is 0 Å². The van der Waals surface area contributed by atoms with Crippen molar-refractivity contribution in [1.29, 1.82) is 0 Å². The summed E-state index contributed by atoms with van der Waals surface area (Å²) in [5, 5.41) is 0. The summed E-state index contributed by atoms with van der Waals surface area (Å²) in [5.74, 6) is 0. The quantitative estimate of drug-likeness (QED) is 0.627. The van der Waals surface area contributed by atoms with Crippen LogP contribution in [0.3, 0.4) is 0 Å². The molecule has 0 spiro atoms. The molecule has 0 aromatic rings.